The first-order valence-electron chi connectivity index (χ1n) is 28.7. The summed E-state index contributed by atoms with van der Waals surface area (Å²) in [5.41, 5.74) is 0. The minimum Gasteiger partial charge on any atom is -0.466 e. The Morgan fingerprint density at radius 2 is 0.769 bits per heavy atom. The molecule has 0 aromatic rings. The van der Waals surface area contributed by atoms with E-state index in [9.17, 15) is 19.8 Å². The maximum atomic E-state index is 12.4. The van der Waals surface area contributed by atoms with Gasteiger partial charge in [-0.05, 0) is 83.5 Å². The molecular weight excluding hydrogens is 803 g/mol. The van der Waals surface area contributed by atoms with Gasteiger partial charge in [-0.1, -0.05) is 243 Å². The largest absolute Gasteiger partial charge is 0.466 e. The van der Waals surface area contributed by atoms with Gasteiger partial charge >= 0.3 is 5.97 Å². The molecule has 6 heteroatoms. The Labute approximate surface area is 404 Å². The van der Waals surface area contributed by atoms with Crippen molar-refractivity contribution in [3.63, 3.8) is 0 Å². The van der Waals surface area contributed by atoms with Gasteiger partial charge in [-0.3, -0.25) is 9.59 Å². The molecule has 65 heavy (non-hydrogen) atoms. The van der Waals surface area contributed by atoms with Crippen LogP contribution in [-0.2, 0) is 14.3 Å². The van der Waals surface area contributed by atoms with Gasteiger partial charge in [0.05, 0.1) is 25.4 Å². The number of unbranched alkanes of at least 4 members (excludes halogenated alkanes) is 36. The number of aliphatic hydroxyl groups excluding tert-OH is 2. The molecule has 0 aliphatic heterocycles. The van der Waals surface area contributed by atoms with Crippen molar-refractivity contribution in [3.05, 3.63) is 36.5 Å². The zero-order chi connectivity index (χ0) is 47.2. The molecule has 6 nitrogen and oxygen atoms in total. The van der Waals surface area contributed by atoms with Crippen LogP contribution >= 0.6 is 0 Å². The first-order valence-corrected chi connectivity index (χ1v) is 28.7. The molecule has 0 spiro atoms. The van der Waals surface area contributed by atoms with Crippen molar-refractivity contribution >= 4 is 11.9 Å². The lowest BCUT2D eigenvalue weighted by Gasteiger charge is -2.22. The number of carbonyl (C=O) groups is 2. The maximum absolute atomic E-state index is 12.4. The highest BCUT2D eigenvalue weighted by atomic mass is 16.5. The van der Waals surface area contributed by atoms with Crippen LogP contribution in [0.25, 0.3) is 0 Å². The van der Waals surface area contributed by atoms with Crippen molar-refractivity contribution < 1.29 is 24.5 Å². The van der Waals surface area contributed by atoms with E-state index in [1.807, 2.05) is 0 Å². The van der Waals surface area contributed by atoms with E-state index < -0.39 is 12.1 Å². The van der Waals surface area contributed by atoms with E-state index in [4.69, 9.17) is 4.74 Å². The first-order chi connectivity index (χ1) is 32.0. The van der Waals surface area contributed by atoms with E-state index >= 15 is 0 Å². The zero-order valence-corrected chi connectivity index (χ0v) is 43.5. The minimum atomic E-state index is -0.666. The van der Waals surface area contributed by atoms with Gasteiger partial charge in [0.15, 0.2) is 0 Å². The second-order valence-corrected chi connectivity index (χ2v) is 19.6. The highest BCUT2D eigenvalue weighted by Gasteiger charge is 2.20. The number of carbonyl (C=O) groups excluding carboxylic acids is 2. The Bertz CT molecular complexity index is 1060. The van der Waals surface area contributed by atoms with Gasteiger partial charge in [0.2, 0.25) is 5.91 Å². The molecular formula is C59H111NO5. The molecule has 2 unspecified atom stereocenters. The van der Waals surface area contributed by atoms with Gasteiger partial charge in [-0.15, -0.1) is 0 Å². The third-order valence-electron chi connectivity index (χ3n) is 13.2. The van der Waals surface area contributed by atoms with Crippen LogP contribution < -0.4 is 5.32 Å². The number of hydrogen-bond donors (Lipinski definition) is 3. The van der Waals surface area contributed by atoms with E-state index in [1.54, 1.807) is 0 Å². The van der Waals surface area contributed by atoms with Crippen molar-refractivity contribution in [2.75, 3.05) is 13.2 Å². The van der Waals surface area contributed by atoms with Gasteiger partial charge in [-0.25, -0.2) is 0 Å². The van der Waals surface area contributed by atoms with Gasteiger partial charge in [0.1, 0.15) is 0 Å². The van der Waals surface area contributed by atoms with Crippen LogP contribution in [0.5, 0.6) is 0 Å². The summed E-state index contributed by atoms with van der Waals surface area (Å²) in [5, 5.41) is 23.1. The summed E-state index contributed by atoms with van der Waals surface area (Å²) in [6, 6.07) is -0.544. The molecule has 0 saturated heterocycles. The zero-order valence-electron chi connectivity index (χ0n) is 43.5. The fourth-order valence-corrected chi connectivity index (χ4v) is 8.72. The highest BCUT2D eigenvalue weighted by molar-refractivity contribution is 5.76. The van der Waals surface area contributed by atoms with Crippen LogP contribution in [0.1, 0.15) is 303 Å². The second-order valence-electron chi connectivity index (χ2n) is 19.6. The van der Waals surface area contributed by atoms with Crippen molar-refractivity contribution in [1.82, 2.24) is 5.32 Å². The van der Waals surface area contributed by atoms with Crippen LogP contribution in [0.15, 0.2) is 36.5 Å². The van der Waals surface area contributed by atoms with Gasteiger partial charge in [0, 0.05) is 12.8 Å². The average molecular weight is 915 g/mol. The molecule has 0 aromatic carbocycles. The third-order valence-corrected chi connectivity index (χ3v) is 13.2. The topological polar surface area (TPSA) is 95.9 Å². The van der Waals surface area contributed by atoms with E-state index in [0.29, 0.717) is 25.9 Å². The molecule has 3 N–H and O–H groups in total. The summed E-state index contributed by atoms with van der Waals surface area (Å²) >= 11 is 0. The summed E-state index contributed by atoms with van der Waals surface area (Å²) in [4.78, 5) is 24.4. The second kappa shape index (κ2) is 54.7. The van der Waals surface area contributed by atoms with Gasteiger partial charge in [0.25, 0.3) is 0 Å². The van der Waals surface area contributed by atoms with Gasteiger partial charge < -0.3 is 20.3 Å². The van der Waals surface area contributed by atoms with Crippen molar-refractivity contribution in [2.24, 2.45) is 0 Å². The molecule has 382 valence electrons. The third kappa shape index (κ3) is 51.3. The van der Waals surface area contributed by atoms with E-state index in [-0.39, 0.29) is 18.5 Å². The van der Waals surface area contributed by atoms with Crippen LogP contribution in [0, 0.1) is 0 Å². The average Bonchev–Trinajstić information content (AvgIpc) is 3.31. The van der Waals surface area contributed by atoms with Crippen LogP contribution in [0.4, 0.5) is 0 Å². The maximum Gasteiger partial charge on any atom is 0.305 e. The minimum absolute atomic E-state index is 0.00238. The highest BCUT2D eigenvalue weighted by Crippen LogP contribution is 2.16. The van der Waals surface area contributed by atoms with Crippen LogP contribution in [0.3, 0.4) is 0 Å². The molecule has 1 amide bonds. The number of aliphatic hydroxyl groups is 2. The van der Waals surface area contributed by atoms with Crippen LogP contribution in [0.2, 0.25) is 0 Å². The Hall–Kier alpha value is -1.92. The molecule has 2 atom stereocenters. The van der Waals surface area contributed by atoms with Crippen molar-refractivity contribution in [3.8, 4) is 0 Å². The molecule has 0 aliphatic rings. The van der Waals surface area contributed by atoms with Gasteiger partial charge in [-0.2, -0.15) is 0 Å². The van der Waals surface area contributed by atoms with E-state index in [0.717, 1.165) is 51.4 Å². The van der Waals surface area contributed by atoms with Crippen LogP contribution in [-0.4, -0.2) is 47.4 Å². The number of ether oxygens (including phenoxy) is 1. The lowest BCUT2D eigenvalue weighted by atomic mass is 10.0. The molecule has 0 aromatic heterocycles. The Morgan fingerprint density at radius 3 is 1.20 bits per heavy atom. The van der Waals surface area contributed by atoms with Crippen molar-refractivity contribution in [1.29, 1.82) is 0 Å². The number of allylic oxidation sites excluding steroid dienone is 6. The number of nitrogens with one attached hydrogen (secondary N) is 1. The monoisotopic (exact) mass is 914 g/mol. The van der Waals surface area contributed by atoms with E-state index in [2.05, 4.69) is 55.6 Å². The molecule has 0 saturated carbocycles. The SMILES string of the molecule is CCCCCC/C=C\C/C=C\CCCCCCCC(=O)OCCCCCCCCCCCCCC/C=C\CCCCCCCCCC(=O)NC(CO)C(O)CCCCCCCCCCC. The summed E-state index contributed by atoms with van der Waals surface area (Å²) in [6.07, 6.45) is 67.2. The Morgan fingerprint density at radius 1 is 0.431 bits per heavy atom. The molecule has 0 fully saturated rings. The normalized spacial score (nSPS) is 12.9. The fraction of sp³-hybridized carbons (Fsp3) is 0.864. The lowest BCUT2D eigenvalue weighted by Crippen LogP contribution is -2.45. The molecule has 0 radical (unpaired) electrons. The Kier molecular flexibility index (Phi) is 53.1. The molecule has 0 aliphatic carbocycles. The lowest BCUT2D eigenvalue weighted by molar-refractivity contribution is -0.143. The summed E-state index contributed by atoms with van der Waals surface area (Å²) in [7, 11) is 0. The van der Waals surface area contributed by atoms with Crippen molar-refractivity contribution in [2.45, 2.75) is 315 Å². The Balaban J connectivity index is 3.39. The molecule has 0 rings (SSSR count). The first kappa shape index (κ1) is 63.1. The quantitative estimate of drug-likeness (QED) is 0.0321. The molecule has 0 bridgehead atoms. The standard InChI is InChI=1S/C59H111NO5/c1-3-5-7-9-11-13-14-15-16-27-30-33-37-41-45-49-53-59(64)65-54-50-46-42-38-34-31-28-25-23-21-19-17-18-20-22-24-26-29-32-36-40-44-48-52-58(63)60-56(55-61)57(62)51-47-43-39-35-12-10-8-6-4-2/h13-14,16,20,22,27,56-57,61-62H,3-12,15,17-19,21,23-26,28-55H2,1-2H3,(H,60,63)/b14-13-,22-20-,27-16-. The number of rotatable bonds is 53. The smallest absolute Gasteiger partial charge is 0.305 e. The number of amides is 1. The number of esters is 1. The molecule has 0 heterocycles. The van der Waals surface area contributed by atoms with E-state index in [1.165, 1.54) is 218 Å². The fourth-order valence-electron chi connectivity index (χ4n) is 8.72. The summed E-state index contributed by atoms with van der Waals surface area (Å²) < 4.78 is 5.48. The summed E-state index contributed by atoms with van der Waals surface area (Å²) in [6.45, 7) is 4.91. The summed E-state index contributed by atoms with van der Waals surface area (Å²) in [5.74, 6) is -0.0465. The predicted octanol–water partition coefficient (Wildman–Crippen LogP) is 17.6. The predicted molar refractivity (Wildman–Crippen MR) is 283 cm³/mol. The number of hydrogen-bond acceptors (Lipinski definition) is 5.